The Balaban J connectivity index is 2.06. The number of rotatable bonds is 5. The summed E-state index contributed by atoms with van der Waals surface area (Å²) >= 11 is 0. The van der Waals surface area contributed by atoms with Crippen molar-refractivity contribution in [3.05, 3.63) is 59.2 Å². The molecule has 1 aliphatic heterocycles. The van der Waals surface area contributed by atoms with E-state index in [9.17, 15) is 8.42 Å². The van der Waals surface area contributed by atoms with E-state index in [0.717, 1.165) is 28.7 Å². The van der Waals surface area contributed by atoms with Crippen LogP contribution in [0.15, 0.2) is 47.6 Å². The molecule has 0 aromatic heterocycles. The number of hydrogen-bond donors (Lipinski definition) is 0. The van der Waals surface area contributed by atoms with Crippen LogP contribution in [0.4, 0.5) is 0 Å². The van der Waals surface area contributed by atoms with Gasteiger partial charge in [-0.2, -0.15) is 9.52 Å². The van der Waals surface area contributed by atoms with Crippen molar-refractivity contribution in [2.75, 3.05) is 20.5 Å². The van der Waals surface area contributed by atoms with Gasteiger partial charge in [-0.15, -0.1) is 0 Å². The number of benzene rings is 2. The SMILES string of the molecule is COc1ccc(OC)c([C@H]2CC(c3ccc(C)cc3)=NN2S(C)(=O)=O)c1. The van der Waals surface area contributed by atoms with Crippen molar-refractivity contribution in [2.45, 2.75) is 19.4 Å². The summed E-state index contributed by atoms with van der Waals surface area (Å²) in [5, 5.41) is 4.41. The number of sulfonamides is 1. The van der Waals surface area contributed by atoms with Crippen molar-refractivity contribution in [2.24, 2.45) is 5.10 Å². The van der Waals surface area contributed by atoms with Crippen LogP contribution in [0.25, 0.3) is 0 Å². The summed E-state index contributed by atoms with van der Waals surface area (Å²) in [6.07, 6.45) is 1.62. The van der Waals surface area contributed by atoms with E-state index in [1.165, 1.54) is 4.41 Å². The quantitative estimate of drug-likeness (QED) is 0.806. The molecule has 138 valence electrons. The highest BCUT2D eigenvalue weighted by atomic mass is 32.2. The predicted octanol–water partition coefficient (Wildman–Crippen LogP) is 3.12. The van der Waals surface area contributed by atoms with Crippen LogP contribution in [0.2, 0.25) is 0 Å². The van der Waals surface area contributed by atoms with Crippen LogP contribution < -0.4 is 9.47 Å². The van der Waals surface area contributed by atoms with Gasteiger partial charge in [0, 0.05) is 12.0 Å². The van der Waals surface area contributed by atoms with Crippen molar-refractivity contribution in [3.63, 3.8) is 0 Å². The molecule has 1 heterocycles. The molecule has 1 aliphatic rings. The van der Waals surface area contributed by atoms with E-state index < -0.39 is 16.1 Å². The van der Waals surface area contributed by atoms with Gasteiger partial charge in [0.25, 0.3) is 0 Å². The van der Waals surface area contributed by atoms with Crippen molar-refractivity contribution >= 4 is 15.7 Å². The lowest BCUT2D eigenvalue weighted by Crippen LogP contribution is -2.26. The lowest BCUT2D eigenvalue weighted by molar-refractivity contribution is 0.348. The van der Waals surface area contributed by atoms with E-state index in [4.69, 9.17) is 9.47 Å². The molecule has 0 radical (unpaired) electrons. The molecule has 0 saturated carbocycles. The number of methoxy groups -OCH3 is 2. The highest BCUT2D eigenvalue weighted by molar-refractivity contribution is 7.88. The third-order valence-corrected chi connectivity index (χ3v) is 5.41. The Hall–Kier alpha value is -2.54. The topological polar surface area (TPSA) is 68.2 Å². The molecule has 2 aromatic rings. The Morgan fingerprint density at radius 3 is 2.35 bits per heavy atom. The first-order valence-electron chi connectivity index (χ1n) is 8.19. The van der Waals surface area contributed by atoms with Crippen LogP contribution in [0.1, 0.15) is 29.2 Å². The van der Waals surface area contributed by atoms with Crippen LogP contribution in [-0.2, 0) is 10.0 Å². The summed E-state index contributed by atoms with van der Waals surface area (Å²) in [6, 6.07) is 12.8. The van der Waals surface area contributed by atoms with Crippen molar-refractivity contribution in [1.29, 1.82) is 0 Å². The number of hydrogen-bond acceptors (Lipinski definition) is 5. The largest absolute Gasteiger partial charge is 0.497 e. The molecule has 0 spiro atoms. The Morgan fingerprint density at radius 2 is 1.77 bits per heavy atom. The summed E-state index contributed by atoms with van der Waals surface area (Å²) in [5.41, 5.74) is 3.50. The number of hydrazone groups is 1. The third-order valence-electron chi connectivity index (χ3n) is 4.39. The summed E-state index contributed by atoms with van der Waals surface area (Å²) in [7, 11) is -0.410. The van der Waals surface area contributed by atoms with Crippen LogP contribution in [0.3, 0.4) is 0 Å². The molecule has 2 aromatic carbocycles. The Bertz CT molecular complexity index is 937. The molecule has 0 aliphatic carbocycles. The molecule has 0 N–H and O–H groups in total. The zero-order valence-corrected chi connectivity index (χ0v) is 16.1. The van der Waals surface area contributed by atoms with Gasteiger partial charge in [0.05, 0.1) is 32.2 Å². The fourth-order valence-corrected chi connectivity index (χ4v) is 3.94. The maximum Gasteiger partial charge on any atom is 0.247 e. The lowest BCUT2D eigenvalue weighted by atomic mass is 9.97. The fraction of sp³-hybridized carbons (Fsp3) is 0.316. The molecule has 3 rings (SSSR count). The third kappa shape index (κ3) is 3.53. The van der Waals surface area contributed by atoms with Gasteiger partial charge in [-0.05, 0) is 30.7 Å². The predicted molar refractivity (Wildman–Crippen MR) is 101 cm³/mol. The lowest BCUT2D eigenvalue weighted by Gasteiger charge is -2.23. The van der Waals surface area contributed by atoms with Crippen molar-refractivity contribution < 1.29 is 17.9 Å². The van der Waals surface area contributed by atoms with Crippen molar-refractivity contribution in [1.82, 2.24) is 4.41 Å². The first kappa shape index (κ1) is 18.3. The molecular formula is C19H22N2O4S. The van der Waals surface area contributed by atoms with Gasteiger partial charge in [0.2, 0.25) is 10.0 Å². The van der Waals surface area contributed by atoms with E-state index in [2.05, 4.69) is 5.10 Å². The number of aryl methyl sites for hydroxylation is 1. The molecule has 0 unspecified atom stereocenters. The molecule has 0 bridgehead atoms. The van der Waals surface area contributed by atoms with Crippen LogP contribution >= 0.6 is 0 Å². The van der Waals surface area contributed by atoms with Gasteiger partial charge in [-0.3, -0.25) is 0 Å². The van der Waals surface area contributed by atoms with E-state index in [1.54, 1.807) is 32.4 Å². The van der Waals surface area contributed by atoms with Crippen LogP contribution in [0, 0.1) is 6.92 Å². The smallest absolute Gasteiger partial charge is 0.247 e. The molecule has 26 heavy (non-hydrogen) atoms. The fourth-order valence-electron chi connectivity index (χ4n) is 3.05. The van der Waals surface area contributed by atoms with Gasteiger partial charge >= 0.3 is 0 Å². The molecular weight excluding hydrogens is 352 g/mol. The first-order chi connectivity index (χ1) is 12.3. The molecule has 1 atom stereocenters. The van der Waals surface area contributed by atoms with Crippen LogP contribution in [-0.4, -0.2) is 39.0 Å². The summed E-state index contributed by atoms with van der Waals surface area (Å²) in [5.74, 6) is 1.24. The normalized spacial score (nSPS) is 17.2. The van der Waals surface area contributed by atoms with E-state index >= 15 is 0 Å². The highest BCUT2D eigenvalue weighted by Crippen LogP contribution is 2.40. The molecule has 7 heteroatoms. The maximum atomic E-state index is 12.3. The van der Waals surface area contributed by atoms with E-state index in [0.29, 0.717) is 17.9 Å². The Morgan fingerprint density at radius 1 is 1.08 bits per heavy atom. The molecule has 0 saturated heterocycles. The molecule has 6 nitrogen and oxygen atoms in total. The monoisotopic (exact) mass is 374 g/mol. The average Bonchev–Trinajstić information content (AvgIpc) is 3.07. The zero-order valence-electron chi connectivity index (χ0n) is 15.3. The van der Waals surface area contributed by atoms with Gasteiger partial charge in [0.15, 0.2) is 0 Å². The minimum Gasteiger partial charge on any atom is -0.497 e. The first-order valence-corrected chi connectivity index (χ1v) is 10.0. The average molecular weight is 374 g/mol. The maximum absolute atomic E-state index is 12.3. The second kappa shape index (κ2) is 6.99. The summed E-state index contributed by atoms with van der Waals surface area (Å²) in [4.78, 5) is 0. The standard InChI is InChI=1S/C19H22N2O4S/c1-13-5-7-14(8-6-13)17-12-18(21(20-17)26(4,22)23)16-11-15(24-2)9-10-19(16)25-3/h5-11,18H,12H2,1-4H3/t18-/m1/s1. The summed E-state index contributed by atoms with van der Waals surface area (Å²) < 4.78 is 36.6. The zero-order chi connectivity index (χ0) is 18.9. The molecule has 0 fully saturated rings. The summed E-state index contributed by atoms with van der Waals surface area (Å²) in [6.45, 7) is 2.01. The van der Waals surface area contributed by atoms with Crippen molar-refractivity contribution in [3.8, 4) is 11.5 Å². The van der Waals surface area contributed by atoms with Gasteiger partial charge in [-0.1, -0.05) is 29.8 Å². The van der Waals surface area contributed by atoms with E-state index in [1.807, 2.05) is 31.2 Å². The molecule has 0 amide bonds. The second-order valence-electron chi connectivity index (χ2n) is 6.28. The van der Waals surface area contributed by atoms with E-state index in [-0.39, 0.29) is 0 Å². The van der Waals surface area contributed by atoms with Gasteiger partial charge in [-0.25, -0.2) is 8.42 Å². The van der Waals surface area contributed by atoms with Crippen LogP contribution in [0.5, 0.6) is 11.5 Å². The minimum absolute atomic E-state index is 0.458. The Labute approximate surface area is 154 Å². The number of ether oxygens (including phenoxy) is 2. The Kier molecular flexibility index (Phi) is 4.91. The van der Waals surface area contributed by atoms with Gasteiger partial charge < -0.3 is 9.47 Å². The second-order valence-corrected chi connectivity index (χ2v) is 8.12. The number of nitrogens with zero attached hydrogens (tertiary/aromatic N) is 2. The van der Waals surface area contributed by atoms with Gasteiger partial charge in [0.1, 0.15) is 11.5 Å². The highest BCUT2D eigenvalue weighted by Gasteiger charge is 2.36. The minimum atomic E-state index is -3.54.